The molecule has 6 heteroatoms. The summed E-state index contributed by atoms with van der Waals surface area (Å²) in [5.74, 6) is -0.411. The molecule has 1 heterocycles. The van der Waals surface area contributed by atoms with Crippen molar-refractivity contribution in [3.05, 3.63) is 29.3 Å². The molecule has 1 aromatic carbocycles. The number of primary amides is 1. The van der Waals surface area contributed by atoms with E-state index in [1.54, 1.807) is 6.07 Å². The van der Waals surface area contributed by atoms with Gasteiger partial charge >= 0.3 is 6.03 Å². The topological polar surface area (TPSA) is 97.3 Å². The Hall–Kier alpha value is -2.50. The maximum Gasteiger partial charge on any atom is 0.326 e. The van der Waals surface area contributed by atoms with Crippen LogP contribution in [0.1, 0.15) is 86.6 Å². The molecule has 0 spiro atoms. The van der Waals surface area contributed by atoms with Crippen LogP contribution in [0, 0.1) is 0 Å². The number of carbonyl (C=O) groups is 2. The van der Waals surface area contributed by atoms with Crippen LogP contribution in [-0.4, -0.2) is 28.2 Å². The Morgan fingerprint density at radius 3 is 2.61 bits per heavy atom. The van der Waals surface area contributed by atoms with E-state index in [1.165, 1.54) is 6.42 Å². The van der Waals surface area contributed by atoms with Crippen LogP contribution < -0.4 is 11.1 Å². The minimum Gasteiger partial charge on any atom is -0.494 e. The van der Waals surface area contributed by atoms with Gasteiger partial charge in [0.25, 0.3) is 5.91 Å². The average Bonchev–Trinajstić information content (AvgIpc) is 3.00. The number of nitrogens with zero attached hydrogens (tertiary/aromatic N) is 1. The van der Waals surface area contributed by atoms with Crippen LogP contribution in [-0.2, 0) is 0 Å². The summed E-state index contributed by atoms with van der Waals surface area (Å²) in [5.41, 5.74) is 7.29. The summed E-state index contributed by atoms with van der Waals surface area (Å²) < 4.78 is 1.10. The number of fused-ring (bicyclic) bond motifs is 1. The van der Waals surface area contributed by atoms with Gasteiger partial charge < -0.3 is 16.2 Å². The number of carbonyl (C=O) groups excluding carboxylic acids is 2. The van der Waals surface area contributed by atoms with E-state index in [0.29, 0.717) is 23.4 Å². The maximum absolute atomic E-state index is 12.8. The fraction of sp³-hybridized carbons (Fsp3) is 0.545. The Morgan fingerprint density at radius 1 is 1.18 bits per heavy atom. The number of rotatable bonds is 7. The second-order valence-corrected chi connectivity index (χ2v) is 7.77. The first-order valence-electron chi connectivity index (χ1n) is 10.5. The van der Waals surface area contributed by atoms with Crippen molar-refractivity contribution in [2.45, 2.75) is 70.6 Å². The highest BCUT2D eigenvalue weighted by Crippen LogP contribution is 2.40. The predicted molar refractivity (Wildman–Crippen MR) is 111 cm³/mol. The van der Waals surface area contributed by atoms with E-state index in [1.807, 2.05) is 12.1 Å². The first-order valence-corrected chi connectivity index (χ1v) is 10.5. The lowest BCUT2D eigenvalue weighted by molar-refractivity contribution is 0.0951. The van der Waals surface area contributed by atoms with Gasteiger partial charge in [-0.25, -0.2) is 9.36 Å². The highest BCUT2D eigenvalue weighted by atomic mass is 16.3. The number of aromatic nitrogens is 1. The van der Waals surface area contributed by atoms with Crippen LogP contribution in [0.5, 0.6) is 5.88 Å². The molecule has 4 N–H and O–H groups in total. The molecule has 1 aliphatic carbocycles. The standard InChI is InChI=1S/C22H31N3O3/c1-2-3-4-8-14-24-20(26)18-17-13-9-12-16(15-10-6-5-7-11-15)19(17)25(21(18)27)22(23)28/h9,12-13,15,27H,2-8,10-11,14H2,1H3,(H2,23,28)(H,24,26). The van der Waals surface area contributed by atoms with E-state index in [9.17, 15) is 14.7 Å². The van der Waals surface area contributed by atoms with Crippen molar-refractivity contribution in [3.63, 3.8) is 0 Å². The molecule has 2 amide bonds. The summed E-state index contributed by atoms with van der Waals surface area (Å²) in [6, 6.07) is 4.90. The van der Waals surface area contributed by atoms with Crippen LogP contribution in [0.15, 0.2) is 18.2 Å². The molecule has 0 atom stereocenters. The van der Waals surface area contributed by atoms with Crippen LogP contribution in [0.4, 0.5) is 4.79 Å². The second kappa shape index (κ2) is 9.13. The first-order chi connectivity index (χ1) is 13.6. The Balaban J connectivity index is 1.98. The van der Waals surface area contributed by atoms with E-state index in [4.69, 9.17) is 5.73 Å². The third-order valence-corrected chi connectivity index (χ3v) is 5.80. The number of hydrogen-bond donors (Lipinski definition) is 3. The number of unbranched alkanes of at least 4 members (excludes halogenated alkanes) is 3. The SMILES string of the molecule is CCCCCCNC(=O)c1c(O)n(C(N)=O)c2c(C3CCCCC3)cccc12. The minimum absolute atomic E-state index is 0.141. The van der Waals surface area contributed by atoms with Gasteiger partial charge in [0, 0.05) is 11.9 Å². The van der Waals surface area contributed by atoms with Gasteiger partial charge in [-0.3, -0.25) is 4.79 Å². The third kappa shape index (κ3) is 4.01. The molecule has 1 fully saturated rings. The third-order valence-electron chi connectivity index (χ3n) is 5.80. The highest BCUT2D eigenvalue weighted by molar-refractivity contribution is 6.12. The fourth-order valence-electron chi connectivity index (χ4n) is 4.37. The average molecular weight is 386 g/mol. The molecule has 3 rings (SSSR count). The van der Waals surface area contributed by atoms with Gasteiger partial charge in [-0.05, 0) is 30.7 Å². The van der Waals surface area contributed by atoms with Gasteiger partial charge in [0.15, 0.2) is 0 Å². The summed E-state index contributed by atoms with van der Waals surface area (Å²) in [6.45, 7) is 2.68. The number of para-hydroxylation sites is 1. The van der Waals surface area contributed by atoms with Gasteiger partial charge in [0.2, 0.25) is 5.88 Å². The summed E-state index contributed by atoms with van der Waals surface area (Å²) >= 11 is 0. The molecule has 152 valence electrons. The smallest absolute Gasteiger partial charge is 0.326 e. The van der Waals surface area contributed by atoms with Crippen molar-refractivity contribution in [2.24, 2.45) is 5.73 Å². The Labute approximate surface area is 166 Å². The summed E-state index contributed by atoms with van der Waals surface area (Å²) in [6.07, 6.45) is 9.81. The van der Waals surface area contributed by atoms with Crippen LogP contribution in [0.2, 0.25) is 0 Å². The van der Waals surface area contributed by atoms with Crippen molar-refractivity contribution in [1.29, 1.82) is 0 Å². The zero-order chi connectivity index (χ0) is 20.1. The van der Waals surface area contributed by atoms with Gasteiger partial charge in [0.05, 0.1) is 5.52 Å². The molecule has 0 saturated heterocycles. The lowest BCUT2D eigenvalue weighted by atomic mass is 9.83. The van der Waals surface area contributed by atoms with Gasteiger partial charge in [-0.15, -0.1) is 0 Å². The zero-order valence-corrected chi connectivity index (χ0v) is 16.7. The second-order valence-electron chi connectivity index (χ2n) is 7.77. The number of amides is 2. The van der Waals surface area contributed by atoms with Crippen LogP contribution >= 0.6 is 0 Å². The minimum atomic E-state index is -0.771. The highest BCUT2D eigenvalue weighted by Gasteiger charge is 2.28. The van der Waals surface area contributed by atoms with E-state index in [0.717, 1.165) is 61.5 Å². The van der Waals surface area contributed by atoms with E-state index in [2.05, 4.69) is 12.2 Å². The molecular weight excluding hydrogens is 354 g/mol. The molecule has 0 unspecified atom stereocenters. The normalized spacial score (nSPS) is 15.0. The van der Waals surface area contributed by atoms with E-state index >= 15 is 0 Å². The summed E-state index contributed by atoms with van der Waals surface area (Å²) in [5, 5.41) is 14.2. The molecule has 1 saturated carbocycles. The quantitative estimate of drug-likeness (QED) is 0.606. The lowest BCUT2D eigenvalue weighted by Crippen LogP contribution is -2.25. The number of benzene rings is 1. The molecule has 1 aromatic heterocycles. The molecule has 6 nitrogen and oxygen atoms in total. The molecular formula is C22H31N3O3. The van der Waals surface area contributed by atoms with Crippen molar-refractivity contribution in [1.82, 2.24) is 9.88 Å². The van der Waals surface area contributed by atoms with Gasteiger partial charge in [-0.2, -0.15) is 0 Å². The first kappa shape index (κ1) is 20.2. The van der Waals surface area contributed by atoms with E-state index < -0.39 is 6.03 Å². The lowest BCUT2D eigenvalue weighted by Gasteiger charge is -2.23. The molecule has 2 aromatic rings. The van der Waals surface area contributed by atoms with Crippen LogP contribution in [0.3, 0.4) is 0 Å². The largest absolute Gasteiger partial charge is 0.494 e. The maximum atomic E-state index is 12.8. The van der Waals surface area contributed by atoms with Gasteiger partial charge in [-0.1, -0.05) is 63.6 Å². The number of nitrogens with one attached hydrogen (secondary N) is 1. The van der Waals surface area contributed by atoms with Gasteiger partial charge in [0.1, 0.15) is 5.56 Å². The Kier molecular flexibility index (Phi) is 6.60. The number of nitrogens with two attached hydrogens (primary N) is 1. The number of hydrogen-bond acceptors (Lipinski definition) is 3. The van der Waals surface area contributed by atoms with Crippen molar-refractivity contribution in [3.8, 4) is 5.88 Å². The Morgan fingerprint density at radius 2 is 1.93 bits per heavy atom. The summed E-state index contributed by atoms with van der Waals surface area (Å²) in [4.78, 5) is 24.9. The molecule has 0 aliphatic heterocycles. The van der Waals surface area contributed by atoms with Crippen molar-refractivity contribution >= 4 is 22.8 Å². The van der Waals surface area contributed by atoms with Crippen molar-refractivity contribution < 1.29 is 14.7 Å². The molecule has 0 bridgehead atoms. The number of aromatic hydroxyl groups is 1. The van der Waals surface area contributed by atoms with Crippen molar-refractivity contribution in [2.75, 3.05) is 6.54 Å². The van der Waals surface area contributed by atoms with E-state index in [-0.39, 0.29) is 17.4 Å². The molecule has 1 aliphatic rings. The Bertz CT molecular complexity index is 850. The van der Waals surface area contributed by atoms with Crippen LogP contribution in [0.25, 0.3) is 10.9 Å². The fourth-order valence-corrected chi connectivity index (χ4v) is 4.37. The molecule has 28 heavy (non-hydrogen) atoms. The molecule has 0 radical (unpaired) electrons. The predicted octanol–water partition coefficient (Wildman–Crippen LogP) is 4.63. The summed E-state index contributed by atoms with van der Waals surface area (Å²) in [7, 11) is 0. The zero-order valence-electron chi connectivity index (χ0n) is 16.7. The monoisotopic (exact) mass is 385 g/mol.